The zero-order valence-electron chi connectivity index (χ0n) is 18.6. The summed E-state index contributed by atoms with van der Waals surface area (Å²) >= 11 is 0. The molecule has 0 spiro atoms. The standard InChI is InChI=1S/C24H32N2O3/c1-8-19-20(10-9-11-21(19)29-7)22(27)25-26(15-24(4,5)6)23(28)18-13-16(2)12-17(3)14-18/h9-14H,8,15H2,1-7H3,(H,25,27). The lowest BCUT2D eigenvalue weighted by Crippen LogP contribution is -2.50. The van der Waals surface area contributed by atoms with Crippen LogP contribution >= 0.6 is 0 Å². The van der Waals surface area contributed by atoms with Gasteiger partial charge < -0.3 is 4.74 Å². The van der Waals surface area contributed by atoms with Crippen molar-refractivity contribution in [3.63, 3.8) is 0 Å². The molecule has 2 rings (SSSR count). The van der Waals surface area contributed by atoms with Crippen molar-refractivity contribution in [2.75, 3.05) is 13.7 Å². The first-order valence-electron chi connectivity index (χ1n) is 9.92. The predicted molar refractivity (Wildman–Crippen MR) is 116 cm³/mol. The minimum atomic E-state index is -0.317. The maximum Gasteiger partial charge on any atom is 0.272 e. The van der Waals surface area contributed by atoms with E-state index in [4.69, 9.17) is 4.74 Å². The van der Waals surface area contributed by atoms with E-state index in [9.17, 15) is 9.59 Å². The van der Waals surface area contributed by atoms with Gasteiger partial charge in [0, 0.05) is 23.2 Å². The van der Waals surface area contributed by atoms with Gasteiger partial charge in [-0.05, 0) is 49.9 Å². The van der Waals surface area contributed by atoms with Gasteiger partial charge in [0.2, 0.25) is 0 Å². The molecule has 0 saturated carbocycles. The second kappa shape index (κ2) is 9.12. The topological polar surface area (TPSA) is 58.6 Å². The van der Waals surface area contributed by atoms with Crippen LogP contribution in [0.2, 0.25) is 0 Å². The summed E-state index contributed by atoms with van der Waals surface area (Å²) in [4.78, 5) is 26.4. The zero-order chi connectivity index (χ0) is 21.8. The fourth-order valence-corrected chi connectivity index (χ4v) is 3.41. The van der Waals surface area contributed by atoms with Crippen LogP contribution < -0.4 is 10.2 Å². The Balaban J connectivity index is 2.39. The highest BCUT2D eigenvalue weighted by Gasteiger charge is 2.26. The van der Waals surface area contributed by atoms with Gasteiger partial charge in [0.15, 0.2) is 0 Å². The van der Waals surface area contributed by atoms with Gasteiger partial charge >= 0.3 is 0 Å². The molecule has 5 nitrogen and oxygen atoms in total. The van der Waals surface area contributed by atoms with Gasteiger partial charge in [-0.2, -0.15) is 0 Å². The lowest BCUT2D eigenvalue weighted by Gasteiger charge is -2.30. The van der Waals surface area contributed by atoms with Crippen LogP contribution in [0.15, 0.2) is 36.4 Å². The number of rotatable bonds is 5. The van der Waals surface area contributed by atoms with E-state index in [0.29, 0.717) is 29.8 Å². The van der Waals surface area contributed by atoms with E-state index in [-0.39, 0.29) is 17.2 Å². The molecule has 0 aliphatic rings. The number of nitrogens with one attached hydrogen (secondary N) is 1. The van der Waals surface area contributed by atoms with E-state index in [2.05, 4.69) is 5.43 Å². The average molecular weight is 397 g/mol. The third-order valence-electron chi connectivity index (χ3n) is 4.53. The Morgan fingerprint density at radius 2 is 1.69 bits per heavy atom. The van der Waals surface area contributed by atoms with Crippen molar-refractivity contribution in [2.45, 2.75) is 48.0 Å². The summed E-state index contributed by atoms with van der Waals surface area (Å²) in [6, 6.07) is 11.1. The van der Waals surface area contributed by atoms with Gasteiger partial charge in [0.05, 0.1) is 7.11 Å². The number of carbonyl (C=O) groups is 2. The van der Waals surface area contributed by atoms with E-state index < -0.39 is 0 Å². The molecule has 2 aromatic carbocycles. The smallest absolute Gasteiger partial charge is 0.272 e. The van der Waals surface area contributed by atoms with Gasteiger partial charge in [0.1, 0.15) is 5.75 Å². The lowest BCUT2D eigenvalue weighted by atomic mass is 9.96. The van der Waals surface area contributed by atoms with Crippen LogP contribution in [-0.4, -0.2) is 30.5 Å². The molecule has 2 amide bonds. The number of nitrogens with zero attached hydrogens (tertiary/aromatic N) is 1. The van der Waals surface area contributed by atoms with Crippen molar-refractivity contribution in [1.82, 2.24) is 10.4 Å². The molecule has 156 valence electrons. The first kappa shape index (κ1) is 22.5. The number of benzene rings is 2. The molecular weight excluding hydrogens is 364 g/mol. The number of carbonyl (C=O) groups excluding carboxylic acids is 2. The Bertz CT molecular complexity index is 877. The van der Waals surface area contributed by atoms with E-state index in [1.54, 1.807) is 19.2 Å². The first-order valence-corrected chi connectivity index (χ1v) is 9.92. The molecule has 0 unspecified atom stereocenters. The van der Waals surface area contributed by atoms with E-state index >= 15 is 0 Å². The van der Waals surface area contributed by atoms with E-state index in [1.807, 2.05) is 65.8 Å². The van der Waals surface area contributed by atoms with Crippen molar-refractivity contribution in [2.24, 2.45) is 5.41 Å². The molecule has 0 atom stereocenters. The van der Waals surface area contributed by atoms with E-state index in [0.717, 1.165) is 16.7 Å². The van der Waals surface area contributed by atoms with Crippen LogP contribution in [0.5, 0.6) is 5.75 Å². The lowest BCUT2D eigenvalue weighted by molar-refractivity contribution is 0.0508. The Morgan fingerprint density at radius 3 is 2.21 bits per heavy atom. The zero-order valence-corrected chi connectivity index (χ0v) is 18.6. The Kier molecular flexibility index (Phi) is 7.07. The van der Waals surface area contributed by atoms with Crippen molar-refractivity contribution < 1.29 is 14.3 Å². The van der Waals surface area contributed by atoms with Crippen molar-refractivity contribution in [3.05, 3.63) is 64.2 Å². The number of amides is 2. The highest BCUT2D eigenvalue weighted by Crippen LogP contribution is 2.23. The first-order chi connectivity index (χ1) is 13.6. The third-order valence-corrected chi connectivity index (χ3v) is 4.53. The molecule has 0 saturated heterocycles. The molecule has 0 aliphatic heterocycles. The Hall–Kier alpha value is -2.82. The van der Waals surface area contributed by atoms with Crippen LogP contribution in [0, 0.1) is 19.3 Å². The summed E-state index contributed by atoms with van der Waals surface area (Å²) in [5, 5.41) is 1.43. The van der Waals surface area contributed by atoms with Gasteiger partial charge in [0.25, 0.3) is 11.8 Å². The molecule has 0 fully saturated rings. The summed E-state index contributed by atoms with van der Waals surface area (Å²) < 4.78 is 5.40. The quantitative estimate of drug-likeness (QED) is 0.745. The van der Waals surface area contributed by atoms with E-state index in [1.165, 1.54) is 5.01 Å². The molecule has 5 heteroatoms. The maximum atomic E-state index is 13.3. The molecule has 29 heavy (non-hydrogen) atoms. The number of hydrogen-bond donors (Lipinski definition) is 1. The summed E-state index contributed by atoms with van der Waals surface area (Å²) in [5.74, 6) is 0.131. The molecule has 0 heterocycles. The van der Waals surface area contributed by atoms with Crippen LogP contribution in [0.3, 0.4) is 0 Å². The minimum absolute atomic E-state index is 0.191. The fraction of sp³-hybridized carbons (Fsp3) is 0.417. The van der Waals surface area contributed by atoms with Crippen molar-refractivity contribution in [1.29, 1.82) is 0 Å². The summed E-state index contributed by atoms with van der Waals surface area (Å²) in [6.45, 7) is 12.4. The van der Waals surface area contributed by atoms with Crippen LogP contribution in [0.4, 0.5) is 0 Å². The molecular formula is C24H32N2O3. The number of ether oxygens (including phenoxy) is 1. The molecule has 0 aliphatic carbocycles. The third kappa shape index (κ3) is 5.83. The fourth-order valence-electron chi connectivity index (χ4n) is 3.41. The van der Waals surface area contributed by atoms with Gasteiger partial charge in [-0.3, -0.25) is 15.0 Å². The van der Waals surface area contributed by atoms with Gasteiger partial charge in [-0.1, -0.05) is 51.0 Å². The molecule has 0 bridgehead atoms. The second-order valence-corrected chi connectivity index (χ2v) is 8.61. The van der Waals surface area contributed by atoms with Gasteiger partial charge in [-0.25, -0.2) is 5.01 Å². The Morgan fingerprint density at radius 1 is 1.07 bits per heavy atom. The Labute approximate surface area is 174 Å². The molecule has 0 aromatic heterocycles. The monoisotopic (exact) mass is 396 g/mol. The molecule has 2 aromatic rings. The largest absolute Gasteiger partial charge is 0.496 e. The summed E-state index contributed by atoms with van der Waals surface area (Å²) in [6.07, 6.45) is 0.650. The number of hydrazine groups is 1. The SMILES string of the molecule is CCc1c(OC)cccc1C(=O)NN(CC(C)(C)C)C(=O)c1cc(C)cc(C)c1. The van der Waals surface area contributed by atoms with Crippen molar-refractivity contribution >= 4 is 11.8 Å². The van der Waals surface area contributed by atoms with Crippen LogP contribution in [0.1, 0.15) is 65.1 Å². The number of methoxy groups -OCH3 is 1. The summed E-state index contributed by atoms with van der Waals surface area (Å²) in [5.41, 5.74) is 6.57. The number of aryl methyl sites for hydroxylation is 2. The van der Waals surface area contributed by atoms with Crippen LogP contribution in [-0.2, 0) is 6.42 Å². The second-order valence-electron chi connectivity index (χ2n) is 8.61. The molecule has 0 radical (unpaired) electrons. The predicted octanol–water partition coefficient (Wildman–Crippen LogP) is 4.71. The highest BCUT2D eigenvalue weighted by molar-refractivity contribution is 6.00. The maximum absolute atomic E-state index is 13.3. The molecule has 1 N–H and O–H groups in total. The van der Waals surface area contributed by atoms with Crippen LogP contribution in [0.25, 0.3) is 0 Å². The highest BCUT2D eigenvalue weighted by atomic mass is 16.5. The van der Waals surface area contributed by atoms with Gasteiger partial charge in [-0.15, -0.1) is 0 Å². The summed E-state index contributed by atoms with van der Waals surface area (Å²) in [7, 11) is 1.59. The minimum Gasteiger partial charge on any atom is -0.496 e. The van der Waals surface area contributed by atoms with Crippen molar-refractivity contribution in [3.8, 4) is 5.75 Å². The number of hydrogen-bond acceptors (Lipinski definition) is 3. The average Bonchev–Trinajstić information content (AvgIpc) is 2.64. The normalized spacial score (nSPS) is 11.1.